The topological polar surface area (TPSA) is 74.5 Å². The summed E-state index contributed by atoms with van der Waals surface area (Å²) in [6.07, 6.45) is 0. The summed E-state index contributed by atoms with van der Waals surface area (Å²) in [7, 11) is 0. The van der Waals surface area contributed by atoms with E-state index in [9.17, 15) is 4.79 Å². The molecule has 2 heterocycles. The number of hydrogen-bond donors (Lipinski definition) is 1. The van der Waals surface area contributed by atoms with E-state index in [2.05, 4.69) is 20.4 Å². The fourth-order valence-corrected chi connectivity index (χ4v) is 2.82. The molecule has 0 spiro atoms. The number of urea groups is 1. The van der Waals surface area contributed by atoms with Crippen molar-refractivity contribution in [2.45, 2.75) is 20.4 Å². The smallest absolute Gasteiger partial charge is 0.321 e. The molecular formula is C16H20ClN5O2. The van der Waals surface area contributed by atoms with Gasteiger partial charge in [0.1, 0.15) is 0 Å². The number of piperazine rings is 1. The molecule has 0 unspecified atom stereocenters. The molecule has 1 aliphatic rings. The minimum Gasteiger partial charge on any atom is -0.338 e. The molecule has 0 atom stereocenters. The van der Waals surface area contributed by atoms with Crippen molar-refractivity contribution in [3.63, 3.8) is 0 Å². The van der Waals surface area contributed by atoms with Gasteiger partial charge in [-0.05, 0) is 31.5 Å². The zero-order valence-corrected chi connectivity index (χ0v) is 14.5. The van der Waals surface area contributed by atoms with Crippen LogP contribution in [-0.2, 0) is 6.54 Å². The van der Waals surface area contributed by atoms with Gasteiger partial charge in [-0.3, -0.25) is 4.90 Å². The maximum atomic E-state index is 12.4. The molecule has 1 aromatic carbocycles. The van der Waals surface area contributed by atoms with Gasteiger partial charge in [0, 0.05) is 36.9 Å². The van der Waals surface area contributed by atoms with Crippen LogP contribution in [0, 0.1) is 13.8 Å². The molecule has 2 aromatic rings. The lowest BCUT2D eigenvalue weighted by atomic mass is 10.2. The summed E-state index contributed by atoms with van der Waals surface area (Å²) in [6.45, 7) is 7.14. The molecule has 24 heavy (non-hydrogen) atoms. The third-order valence-electron chi connectivity index (χ3n) is 4.10. The second-order valence-electron chi connectivity index (χ2n) is 5.84. The predicted molar refractivity (Wildman–Crippen MR) is 91.1 cm³/mol. The number of carbonyl (C=O) groups is 1. The van der Waals surface area contributed by atoms with Gasteiger partial charge in [-0.2, -0.15) is 4.98 Å². The number of amides is 2. The number of anilines is 1. The van der Waals surface area contributed by atoms with E-state index >= 15 is 0 Å². The third kappa shape index (κ3) is 3.85. The SMILES string of the molecule is Cc1noc(CN2CCN(C(=O)Nc3cccc(Cl)c3C)CC2)n1. The van der Waals surface area contributed by atoms with Crippen LogP contribution in [-0.4, -0.2) is 52.2 Å². The Labute approximate surface area is 145 Å². The standard InChI is InChI=1S/C16H20ClN5O2/c1-11-13(17)4-3-5-14(11)19-16(23)22-8-6-21(7-9-22)10-15-18-12(2)20-24-15/h3-5H,6-10H2,1-2H3,(H,19,23). The first-order chi connectivity index (χ1) is 11.5. The number of aromatic nitrogens is 2. The van der Waals surface area contributed by atoms with E-state index in [1.807, 2.05) is 25.1 Å². The molecule has 1 aromatic heterocycles. The number of rotatable bonds is 3. The molecule has 7 nitrogen and oxygen atoms in total. The van der Waals surface area contributed by atoms with Crippen molar-refractivity contribution in [2.75, 3.05) is 31.5 Å². The van der Waals surface area contributed by atoms with E-state index in [4.69, 9.17) is 16.1 Å². The summed E-state index contributed by atoms with van der Waals surface area (Å²) >= 11 is 6.09. The number of halogens is 1. The molecule has 3 rings (SSSR count). The van der Waals surface area contributed by atoms with Crippen molar-refractivity contribution >= 4 is 23.3 Å². The highest BCUT2D eigenvalue weighted by atomic mass is 35.5. The summed E-state index contributed by atoms with van der Waals surface area (Å²) in [5.41, 5.74) is 1.62. The Kier molecular flexibility index (Phi) is 5.01. The van der Waals surface area contributed by atoms with Crippen LogP contribution in [0.4, 0.5) is 10.5 Å². The second kappa shape index (κ2) is 7.19. The Hall–Kier alpha value is -2.12. The van der Waals surface area contributed by atoms with Gasteiger partial charge in [-0.15, -0.1) is 0 Å². The largest absolute Gasteiger partial charge is 0.338 e. The molecule has 8 heteroatoms. The number of carbonyl (C=O) groups excluding carboxylic acids is 1. The van der Waals surface area contributed by atoms with Gasteiger partial charge in [0.25, 0.3) is 0 Å². The molecule has 128 valence electrons. The fraction of sp³-hybridized carbons (Fsp3) is 0.438. The van der Waals surface area contributed by atoms with Crippen molar-refractivity contribution in [1.82, 2.24) is 19.9 Å². The molecule has 1 saturated heterocycles. The van der Waals surface area contributed by atoms with Crippen LogP contribution < -0.4 is 5.32 Å². The molecule has 0 radical (unpaired) electrons. The molecule has 1 fully saturated rings. The minimum absolute atomic E-state index is 0.103. The average Bonchev–Trinajstić information content (AvgIpc) is 2.97. The Bertz CT molecular complexity index is 725. The fourth-order valence-electron chi connectivity index (χ4n) is 2.64. The van der Waals surface area contributed by atoms with E-state index in [0.29, 0.717) is 36.4 Å². The summed E-state index contributed by atoms with van der Waals surface area (Å²) in [5.74, 6) is 1.25. The van der Waals surface area contributed by atoms with Gasteiger partial charge in [0.15, 0.2) is 5.82 Å². The second-order valence-corrected chi connectivity index (χ2v) is 6.25. The third-order valence-corrected chi connectivity index (χ3v) is 4.51. The minimum atomic E-state index is -0.103. The first kappa shape index (κ1) is 16.7. The van der Waals surface area contributed by atoms with Crippen molar-refractivity contribution in [2.24, 2.45) is 0 Å². The first-order valence-corrected chi connectivity index (χ1v) is 8.23. The van der Waals surface area contributed by atoms with Crippen LogP contribution in [0.15, 0.2) is 22.7 Å². The van der Waals surface area contributed by atoms with Gasteiger partial charge in [0.2, 0.25) is 5.89 Å². The van der Waals surface area contributed by atoms with Crippen LogP contribution in [0.1, 0.15) is 17.3 Å². The maximum Gasteiger partial charge on any atom is 0.321 e. The van der Waals surface area contributed by atoms with E-state index in [1.54, 1.807) is 11.8 Å². The lowest BCUT2D eigenvalue weighted by Crippen LogP contribution is -2.49. The van der Waals surface area contributed by atoms with Gasteiger partial charge in [0.05, 0.1) is 6.54 Å². The van der Waals surface area contributed by atoms with E-state index in [-0.39, 0.29) is 6.03 Å². The highest BCUT2D eigenvalue weighted by molar-refractivity contribution is 6.31. The number of benzene rings is 1. The zero-order chi connectivity index (χ0) is 17.1. The van der Waals surface area contributed by atoms with Crippen molar-refractivity contribution in [3.8, 4) is 0 Å². The Morgan fingerprint density at radius 2 is 2.04 bits per heavy atom. The van der Waals surface area contributed by atoms with Gasteiger partial charge < -0.3 is 14.7 Å². The summed E-state index contributed by atoms with van der Waals surface area (Å²) in [4.78, 5) is 20.6. The normalized spacial score (nSPS) is 15.5. The van der Waals surface area contributed by atoms with Crippen LogP contribution in [0.25, 0.3) is 0 Å². The molecule has 0 bridgehead atoms. The van der Waals surface area contributed by atoms with Gasteiger partial charge in [-0.25, -0.2) is 4.79 Å². The molecule has 0 saturated carbocycles. The van der Waals surface area contributed by atoms with Crippen LogP contribution in [0.3, 0.4) is 0 Å². The summed E-state index contributed by atoms with van der Waals surface area (Å²) in [6, 6.07) is 5.39. The van der Waals surface area contributed by atoms with Crippen molar-refractivity contribution < 1.29 is 9.32 Å². The Balaban J connectivity index is 1.52. The van der Waals surface area contributed by atoms with E-state index in [0.717, 1.165) is 24.3 Å². The van der Waals surface area contributed by atoms with Crippen LogP contribution in [0.5, 0.6) is 0 Å². The highest BCUT2D eigenvalue weighted by Gasteiger charge is 2.22. The summed E-state index contributed by atoms with van der Waals surface area (Å²) < 4.78 is 5.14. The zero-order valence-electron chi connectivity index (χ0n) is 13.8. The van der Waals surface area contributed by atoms with E-state index in [1.165, 1.54) is 0 Å². The molecule has 1 aliphatic heterocycles. The first-order valence-electron chi connectivity index (χ1n) is 7.85. The van der Waals surface area contributed by atoms with Crippen molar-refractivity contribution in [3.05, 3.63) is 40.5 Å². The van der Waals surface area contributed by atoms with Crippen LogP contribution >= 0.6 is 11.6 Å². The molecular weight excluding hydrogens is 330 g/mol. The van der Waals surface area contributed by atoms with E-state index < -0.39 is 0 Å². The van der Waals surface area contributed by atoms with Gasteiger partial charge in [-0.1, -0.05) is 22.8 Å². The van der Waals surface area contributed by atoms with Crippen LogP contribution in [0.2, 0.25) is 5.02 Å². The molecule has 0 aliphatic carbocycles. The van der Waals surface area contributed by atoms with Gasteiger partial charge >= 0.3 is 6.03 Å². The number of hydrogen-bond acceptors (Lipinski definition) is 5. The Morgan fingerprint density at radius 3 is 2.71 bits per heavy atom. The van der Waals surface area contributed by atoms with Crippen molar-refractivity contribution in [1.29, 1.82) is 0 Å². The lowest BCUT2D eigenvalue weighted by Gasteiger charge is -2.34. The summed E-state index contributed by atoms with van der Waals surface area (Å²) in [5, 5.41) is 7.37. The quantitative estimate of drug-likeness (QED) is 0.922. The maximum absolute atomic E-state index is 12.4. The Morgan fingerprint density at radius 1 is 1.29 bits per heavy atom. The number of nitrogens with one attached hydrogen (secondary N) is 1. The predicted octanol–water partition coefficient (Wildman–Crippen LogP) is 2.69. The monoisotopic (exact) mass is 349 g/mol. The molecule has 2 amide bonds. The lowest BCUT2D eigenvalue weighted by molar-refractivity contribution is 0.133. The highest BCUT2D eigenvalue weighted by Crippen LogP contribution is 2.23. The number of nitrogens with zero attached hydrogens (tertiary/aromatic N) is 4. The molecule has 1 N–H and O–H groups in total. The number of aryl methyl sites for hydroxylation is 1. The average molecular weight is 350 g/mol.